The van der Waals surface area contributed by atoms with Crippen molar-refractivity contribution in [2.24, 2.45) is 0 Å². The standard InChI is InChI=1S/C16H23NO4/c1-15(2,11-18)17(4)13(19)10-16(3,14(20)21)12-8-6-5-7-9-12/h5-9,18H,10-11H2,1-4H3,(H,20,21). The van der Waals surface area contributed by atoms with Gasteiger partial charge in [-0.05, 0) is 26.3 Å². The first kappa shape index (κ1) is 17.2. The molecule has 0 heterocycles. The average Bonchev–Trinajstić information content (AvgIpc) is 2.46. The fourth-order valence-corrected chi connectivity index (χ4v) is 1.97. The van der Waals surface area contributed by atoms with Crippen molar-refractivity contribution in [2.45, 2.75) is 38.1 Å². The number of nitrogens with zero attached hydrogens (tertiary/aromatic N) is 1. The van der Waals surface area contributed by atoms with Gasteiger partial charge in [0.25, 0.3) is 0 Å². The van der Waals surface area contributed by atoms with Gasteiger partial charge in [0.1, 0.15) is 0 Å². The number of carbonyl (C=O) groups excluding carboxylic acids is 1. The quantitative estimate of drug-likeness (QED) is 0.836. The fourth-order valence-electron chi connectivity index (χ4n) is 1.97. The van der Waals surface area contributed by atoms with Gasteiger partial charge in [0.05, 0.1) is 17.6 Å². The Labute approximate surface area is 125 Å². The average molecular weight is 293 g/mol. The van der Waals surface area contributed by atoms with Crippen LogP contribution in [0.3, 0.4) is 0 Å². The summed E-state index contributed by atoms with van der Waals surface area (Å²) in [6.07, 6.45) is -0.160. The molecular formula is C16H23NO4. The maximum absolute atomic E-state index is 12.4. The lowest BCUT2D eigenvalue weighted by Gasteiger charge is -2.36. The first-order valence-corrected chi connectivity index (χ1v) is 6.81. The van der Waals surface area contributed by atoms with Gasteiger partial charge in [-0.15, -0.1) is 0 Å². The Hall–Kier alpha value is -1.88. The summed E-state index contributed by atoms with van der Waals surface area (Å²) in [5, 5.41) is 18.9. The molecule has 1 unspecified atom stereocenters. The molecule has 2 N–H and O–H groups in total. The zero-order valence-corrected chi connectivity index (χ0v) is 13.0. The van der Waals surface area contributed by atoms with Gasteiger partial charge in [0.15, 0.2) is 0 Å². The monoisotopic (exact) mass is 293 g/mol. The van der Waals surface area contributed by atoms with E-state index in [1.54, 1.807) is 58.2 Å². The highest BCUT2D eigenvalue weighted by atomic mass is 16.4. The summed E-state index contributed by atoms with van der Waals surface area (Å²) in [7, 11) is 1.58. The van der Waals surface area contributed by atoms with Crippen LogP contribution < -0.4 is 0 Å². The Balaban J connectivity index is 3.05. The first-order valence-electron chi connectivity index (χ1n) is 6.81. The van der Waals surface area contributed by atoms with Gasteiger partial charge in [-0.3, -0.25) is 9.59 Å². The normalized spacial score (nSPS) is 14.3. The molecule has 1 aromatic carbocycles. The van der Waals surface area contributed by atoms with Crippen molar-refractivity contribution in [2.75, 3.05) is 13.7 Å². The van der Waals surface area contributed by atoms with Gasteiger partial charge in [-0.1, -0.05) is 30.3 Å². The molecule has 1 aromatic rings. The zero-order valence-electron chi connectivity index (χ0n) is 13.0. The van der Waals surface area contributed by atoms with Crippen molar-refractivity contribution in [3.63, 3.8) is 0 Å². The predicted molar refractivity (Wildman–Crippen MR) is 80.0 cm³/mol. The van der Waals surface area contributed by atoms with Gasteiger partial charge < -0.3 is 15.1 Å². The second-order valence-corrected chi connectivity index (χ2v) is 6.10. The smallest absolute Gasteiger partial charge is 0.314 e. The predicted octanol–water partition coefficient (Wildman–Crippen LogP) is 1.65. The molecule has 21 heavy (non-hydrogen) atoms. The van der Waals surface area contributed by atoms with Crippen molar-refractivity contribution in [3.05, 3.63) is 35.9 Å². The molecule has 0 bridgehead atoms. The van der Waals surface area contributed by atoms with Crippen molar-refractivity contribution in [1.29, 1.82) is 0 Å². The number of amides is 1. The van der Waals surface area contributed by atoms with Gasteiger partial charge in [-0.25, -0.2) is 0 Å². The fraction of sp³-hybridized carbons (Fsp3) is 0.500. The van der Waals surface area contributed by atoms with E-state index in [0.717, 1.165) is 0 Å². The van der Waals surface area contributed by atoms with Crippen molar-refractivity contribution < 1.29 is 19.8 Å². The van der Waals surface area contributed by atoms with Crippen molar-refractivity contribution in [3.8, 4) is 0 Å². The van der Waals surface area contributed by atoms with Crippen LogP contribution in [0.15, 0.2) is 30.3 Å². The highest BCUT2D eigenvalue weighted by Crippen LogP contribution is 2.29. The van der Waals surface area contributed by atoms with Crippen LogP contribution >= 0.6 is 0 Å². The number of benzene rings is 1. The molecule has 0 spiro atoms. The van der Waals surface area contributed by atoms with E-state index in [1.807, 2.05) is 0 Å². The second-order valence-electron chi connectivity index (χ2n) is 6.10. The zero-order chi connectivity index (χ0) is 16.3. The summed E-state index contributed by atoms with van der Waals surface area (Å²) in [6.45, 7) is 4.81. The Bertz CT molecular complexity index is 512. The molecule has 0 aliphatic rings. The SMILES string of the molecule is CN(C(=O)CC(C)(C(=O)O)c1ccccc1)C(C)(C)CO. The topological polar surface area (TPSA) is 77.8 Å². The first-order chi connectivity index (χ1) is 9.65. The summed E-state index contributed by atoms with van der Waals surface area (Å²) in [6, 6.07) is 8.72. The summed E-state index contributed by atoms with van der Waals surface area (Å²) in [5.41, 5.74) is -1.44. The third-order valence-electron chi connectivity index (χ3n) is 4.06. The largest absolute Gasteiger partial charge is 0.481 e. The van der Waals surface area contributed by atoms with Gasteiger partial charge in [0.2, 0.25) is 5.91 Å². The van der Waals surface area contributed by atoms with Crippen molar-refractivity contribution >= 4 is 11.9 Å². The molecule has 0 aromatic heterocycles. The summed E-state index contributed by atoms with van der Waals surface area (Å²) < 4.78 is 0. The molecule has 0 saturated carbocycles. The molecule has 1 amide bonds. The van der Waals surface area contributed by atoms with Crippen LogP contribution in [0.1, 0.15) is 32.8 Å². The minimum Gasteiger partial charge on any atom is -0.481 e. The Kier molecular flexibility index (Phi) is 5.12. The lowest BCUT2D eigenvalue weighted by Crippen LogP contribution is -2.50. The summed E-state index contributed by atoms with van der Waals surface area (Å²) in [4.78, 5) is 25.5. The Morgan fingerprint density at radius 1 is 1.14 bits per heavy atom. The number of aliphatic hydroxyl groups excluding tert-OH is 1. The second kappa shape index (κ2) is 6.26. The van der Waals surface area contributed by atoms with Crippen LogP contribution in [0, 0.1) is 0 Å². The number of aliphatic carboxylic acids is 1. The highest BCUT2D eigenvalue weighted by Gasteiger charge is 2.40. The van der Waals surface area contributed by atoms with Crippen LogP contribution in [0.4, 0.5) is 0 Å². The molecule has 5 heteroatoms. The van der Waals surface area contributed by atoms with Crippen LogP contribution in [0.2, 0.25) is 0 Å². The van der Waals surface area contributed by atoms with E-state index < -0.39 is 16.9 Å². The van der Waals surface area contributed by atoms with Crippen molar-refractivity contribution in [1.82, 2.24) is 4.90 Å². The minimum atomic E-state index is -1.29. The number of carbonyl (C=O) groups is 2. The van der Waals surface area contributed by atoms with Crippen LogP contribution in [0.5, 0.6) is 0 Å². The van der Waals surface area contributed by atoms with E-state index in [9.17, 15) is 19.8 Å². The molecule has 0 aliphatic heterocycles. The number of carboxylic acid groups (broad SMARTS) is 1. The van der Waals surface area contributed by atoms with Crippen LogP contribution in [0.25, 0.3) is 0 Å². The Morgan fingerprint density at radius 2 is 1.67 bits per heavy atom. The van der Waals surface area contributed by atoms with E-state index in [0.29, 0.717) is 5.56 Å². The number of rotatable bonds is 6. The third-order valence-corrected chi connectivity index (χ3v) is 4.06. The van der Waals surface area contributed by atoms with E-state index in [1.165, 1.54) is 4.90 Å². The minimum absolute atomic E-state index is 0.160. The van der Waals surface area contributed by atoms with E-state index in [-0.39, 0.29) is 18.9 Å². The molecule has 1 atom stereocenters. The van der Waals surface area contributed by atoms with Gasteiger partial charge in [-0.2, -0.15) is 0 Å². The molecular weight excluding hydrogens is 270 g/mol. The number of hydrogen-bond acceptors (Lipinski definition) is 3. The third kappa shape index (κ3) is 3.61. The van der Waals surface area contributed by atoms with Crippen LogP contribution in [-0.2, 0) is 15.0 Å². The van der Waals surface area contributed by atoms with Gasteiger partial charge in [0, 0.05) is 13.5 Å². The molecule has 5 nitrogen and oxygen atoms in total. The molecule has 0 aliphatic carbocycles. The van der Waals surface area contributed by atoms with E-state index in [2.05, 4.69) is 0 Å². The van der Waals surface area contributed by atoms with E-state index in [4.69, 9.17) is 0 Å². The highest BCUT2D eigenvalue weighted by molar-refractivity contribution is 5.89. The maximum atomic E-state index is 12.4. The number of aliphatic hydroxyl groups is 1. The lowest BCUT2D eigenvalue weighted by molar-refractivity contribution is -0.149. The molecule has 116 valence electrons. The molecule has 0 saturated heterocycles. The lowest BCUT2D eigenvalue weighted by atomic mass is 9.79. The van der Waals surface area contributed by atoms with Crippen LogP contribution in [-0.4, -0.2) is 46.2 Å². The molecule has 0 radical (unpaired) electrons. The Morgan fingerprint density at radius 3 is 2.10 bits per heavy atom. The molecule has 1 rings (SSSR count). The number of carboxylic acids is 1. The summed E-state index contributed by atoms with van der Waals surface area (Å²) >= 11 is 0. The summed E-state index contributed by atoms with van der Waals surface area (Å²) in [5.74, 6) is -1.36. The molecule has 0 fully saturated rings. The van der Waals surface area contributed by atoms with Gasteiger partial charge >= 0.3 is 5.97 Å². The maximum Gasteiger partial charge on any atom is 0.314 e. The number of hydrogen-bond donors (Lipinski definition) is 2. The van der Waals surface area contributed by atoms with E-state index >= 15 is 0 Å². The number of likely N-dealkylation sites (N-methyl/N-ethyl adjacent to an activating group) is 1.